The van der Waals surface area contributed by atoms with Crippen molar-refractivity contribution < 1.29 is 19.8 Å². The average molecular weight is 429 g/mol. The minimum atomic E-state index is -0.325. The van der Waals surface area contributed by atoms with E-state index in [0.29, 0.717) is 12.1 Å². The number of carbonyl (C=O) groups excluding carboxylic acids is 2. The van der Waals surface area contributed by atoms with Gasteiger partial charge in [0.1, 0.15) is 11.5 Å². The van der Waals surface area contributed by atoms with Gasteiger partial charge in [-0.15, -0.1) is 0 Å². The van der Waals surface area contributed by atoms with E-state index in [4.69, 9.17) is 11.6 Å². The average Bonchev–Trinajstić information content (AvgIpc) is 3.41. The number of phenolic OH excluding ortho intramolecular Hbond substituents is 2. The zero-order valence-corrected chi connectivity index (χ0v) is 17.7. The summed E-state index contributed by atoms with van der Waals surface area (Å²) in [6, 6.07) is 7.95. The number of phenols is 2. The van der Waals surface area contributed by atoms with Crippen LogP contribution in [0.1, 0.15) is 63.6 Å². The van der Waals surface area contributed by atoms with Crippen LogP contribution in [0.3, 0.4) is 0 Å². The molecule has 2 amide bonds. The van der Waals surface area contributed by atoms with Crippen LogP contribution < -0.4 is 0 Å². The number of halogens is 1. The zero-order valence-electron chi connectivity index (χ0n) is 16.9. The molecule has 2 saturated heterocycles. The molecular weight excluding hydrogens is 404 g/mol. The summed E-state index contributed by atoms with van der Waals surface area (Å²) in [5.41, 5.74) is 2.72. The molecule has 1 atom stereocenters. The highest BCUT2D eigenvalue weighted by Crippen LogP contribution is 2.38. The topological polar surface area (TPSA) is 81.1 Å². The Balaban J connectivity index is 1.60. The van der Waals surface area contributed by atoms with Crippen molar-refractivity contribution in [3.8, 4) is 11.5 Å². The van der Waals surface area contributed by atoms with E-state index in [9.17, 15) is 19.8 Å². The van der Waals surface area contributed by atoms with Crippen molar-refractivity contribution in [1.82, 2.24) is 9.80 Å². The Labute approximate surface area is 180 Å². The van der Waals surface area contributed by atoms with Gasteiger partial charge in [-0.2, -0.15) is 0 Å². The lowest BCUT2D eigenvalue weighted by Gasteiger charge is -2.27. The van der Waals surface area contributed by atoms with E-state index in [-0.39, 0.29) is 39.9 Å². The Kier molecular flexibility index (Phi) is 5.60. The Morgan fingerprint density at radius 1 is 0.967 bits per heavy atom. The van der Waals surface area contributed by atoms with Crippen LogP contribution in [-0.2, 0) is 0 Å². The molecule has 0 spiro atoms. The van der Waals surface area contributed by atoms with Crippen molar-refractivity contribution >= 4 is 23.4 Å². The molecule has 0 aromatic heterocycles. The van der Waals surface area contributed by atoms with Gasteiger partial charge >= 0.3 is 0 Å². The summed E-state index contributed by atoms with van der Waals surface area (Å²) >= 11 is 5.95. The highest BCUT2D eigenvalue weighted by molar-refractivity contribution is 6.32. The van der Waals surface area contributed by atoms with E-state index in [0.717, 1.165) is 56.0 Å². The van der Waals surface area contributed by atoms with Gasteiger partial charge < -0.3 is 20.0 Å². The molecule has 158 valence electrons. The fourth-order valence-corrected chi connectivity index (χ4v) is 4.66. The van der Waals surface area contributed by atoms with Crippen LogP contribution in [0.15, 0.2) is 30.3 Å². The predicted molar refractivity (Wildman–Crippen MR) is 114 cm³/mol. The zero-order chi connectivity index (χ0) is 21.4. The van der Waals surface area contributed by atoms with Gasteiger partial charge in [0.05, 0.1) is 16.6 Å². The first kappa shape index (κ1) is 20.5. The largest absolute Gasteiger partial charge is 0.507 e. The summed E-state index contributed by atoms with van der Waals surface area (Å²) in [7, 11) is 0. The molecule has 7 heteroatoms. The first-order valence-electron chi connectivity index (χ1n) is 10.3. The standard InChI is InChI=1S/C23H25ClN2O4/c1-14-11-15(22(29)25-8-2-3-9-25)6-7-16(14)19-5-4-10-26(19)23(30)17-12-18(24)21(28)13-20(17)27/h6-7,11-13,19,27-28H,2-5,8-10H2,1H3. The number of likely N-dealkylation sites (tertiary alicyclic amines) is 2. The number of aromatic hydroxyl groups is 2. The second kappa shape index (κ2) is 8.19. The molecule has 0 bridgehead atoms. The summed E-state index contributed by atoms with van der Waals surface area (Å²) in [6.07, 6.45) is 3.75. The molecule has 6 nitrogen and oxygen atoms in total. The number of rotatable bonds is 3. The summed E-state index contributed by atoms with van der Waals surface area (Å²) < 4.78 is 0. The molecule has 2 N–H and O–H groups in total. The normalized spacial score (nSPS) is 18.8. The molecule has 2 aliphatic rings. The van der Waals surface area contributed by atoms with Crippen molar-refractivity contribution in [3.63, 3.8) is 0 Å². The second-order valence-corrected chi connectivity index (χ2v) is 8.46. The van der Waals surface area contributed by atoms with Gasteiger partial charge in [-0.1, -0.05) is 17.7 Å². The van der Waals surface area contributed by atoms with Crippen LogP contribution in [0.4, 0.5) is 0 Å². The molecule has 2 fully saturated rings. The van der Waals surface area contributed by atoms with Gasteiger partial charge in [0, 0.05) is 31.3 Å². The monoisotopic (exact) mass is 428 g/mol. The maximum absolute atomic E-state index is 13.1. The summed E-state index contributed by atoms with van der Waals surface area (Å²) in [6.45, 7) is 4.15. The molecule has 0 aliphatic carbocycles. The molecule has 0 radical (unpaired) electrons. The summed E-state index contributed by atoms with van der Waals surface area (Å²) in [5.74, 6) is -0.827. The quantitative estimate of drug-likeness (QED) is 0.764. The van der Waals surface area contributed by atoms with Crippen molar-refractivity contribution in [2.75, 3.05) is 19.6 Å². The maximum atomic E-state index is 13.1. The van der Waals surface area contributed by atoms with Crippen LogP contribution in [0.2, 0.25) is 5.02 Å². The Morgan fingerprint density at radius 2 is 1.70 bits per heavy atom. The maximum Gasteiger partial charge on any atom is 0.258 e. The molecule has 2 aromatic rings. The molecule has 30 heavy (non-hydrogen) atoms. The third-order valence-electron chi connectivity index (χ3n) is 6.08. The van der Waals surface area contributed by atoms with Crippen LogP contribution >= 0.6 is 11.6 Å². The van der Waals surface area contributed by atoms with Crippen molar-refractivity contribution in [2.24, 2.45) is 0 Å². The van der Waals surface area contributed by atoms with Crippen LogP contribution in [-0.4, -0.2) is 51.5 Å². The van der Waals surface area contributed by atoms with Gasteiger partial charge in [-0.25, -0.2) is 0 Å². The minimum Gasteiger partial charge on any atom is -0.507 e. The van der Waals surface area contributed by atoms with Crippen molar-refractivity contribution in [2.45, 2.75) is 38.6 Å². The predicted octanol–water partition coefficient (Wildman–Crippen LogP) is 4.27. The lowest BCUT2D eigenvalue weighted by molar-refractivity contribution is 0.0730. The van der Waals surface area contributed by atoms with E-state index in [1.807, 2.05) is 30.0 Å². The number of hydrogen-bond donors (Lipinski definition) is 2. The number of carbonyl (C=O) groups is 2. The number of aryl methyl sites for hydroxylation is 1. The Morgan fingerprint density at radius 3 is 2.40 bits per heavy atom. The third-order valence-corrected chi connectivity index (χ3v) is 6.38. The van der Waals surface area contributed by atoms with Gasteiger partial charge in [0.2, 0.25) is 0 Å². The fourth-order valence-electron chi connectivity index (χ4n) is 4.50. The molecule has 4 rings (SSSR count). The van der Waals surface area contributed by atoms with E-state index in [1.54, 1.807) is 4.90 Å². The molecule has 2 aliphatic heterocycles. The number of amides is 2. The lowest BCUT2D eigenvalue weighted by atomic mass is 9.96. The number of nitrogens with zero attached hydrogens (tertiary/aromatic N) is 2. The summed E-state index contributed by atoms with van der Waals surface area (Å²) in [4.78, 5) is 29.4. The highest BCUT2D eigenvalue weighted by Gasteiger charge is 2.33. The van der Waals surface area contributed by atoms with Crippen LogP contribution in [0.5, 0.6) is 11.5 Å². The van der Waals surface area contributed by atoms with Crippen molar-refractivity contribution in [3.05, 3.63) is 57.6 Å². The smallest absolute Gasteiger partial charge is 0.258 e. The van der Waals surface area contributed by atoms with Gasteiger partial charge in [0.25, 0.3) is 11.8 Å². The van der Waals surface area contributed by atoms with Crippen LogP contribution in [0.25, 0.3) is 0 Å². The lowest BCUT2D eigenvalue weighted by Crippen LogP contribution is -2.31. The van der Waals surface area contributed by atoms with E-state index in [1.165, 1.54) is 6.07 Å². The van der Waals surface area contributed by atoms with Gasteiger partial charge in [-0.3, -0.25) is 9.59 Å². The van der Waals surface area contributed by atoms with Gasteiger partial charge in [-0.05, 0) is 61.9 Å². The molecule has 1 unspecified atom stereocenters. The molecular formula is C23H25ClN2O4. The Hall–Kier alpha value is -2.73. The first-order valence-corrected chi connectivity index (χ1v) is 10.7. The first-order chi connectivity index (χ1) is 14.4. The second-order valence-electron chi connectivity index (χ2n) is 8.05. The molecule has 0 saturated carbocycles. The van der Waals surface area contributed by atoms with Gasteiger partial charge in [0.15, 0.2) is 0 Å². The Bertz CT molecular complexity index is 1000. The van der Waals surface area contributed by atoms with E-state index in [2.05, 4.69) is 0 Å². The fraction of sp³-hybridized carbons (Fsp3) is 0.391. The van der Waals surface area contributed by atoms with Crippen molar-refractivity contribution in [1.29, 1.82) is 0 Å². The minimum absolute atomic E-state index is 0.0212. The SMILES string of the molecule is Cc1cc(C(=O)N2CCCC2)ccc1C1CCCN1C(=O)c1cc(Cl)c(O)cc1O. The molecule has 2 aromatic carbocycles. The van der Waals surface area contributed by atoms with Crippen LogP contribution in [0, 0.1) is 6.92 Å². The molecule has 2 heterocycles. The third kappa shape index (κ3) is 3.72. The van der Waals surface area contributed by atoms with E-state index < -0.39 is 0 Å². The highest BCUT2D eigenvalue weighted by atomic mass is 35.5. The number of hydrogen-bond acceptors (Lipinski definition) is 4. The van der Waals surface area contributed by atoms with E-state index >= 15 is 0 Å². The summed E-state index contributed by atoms with van der Waals surface area (Å²) in [5, 5.41) is 19.8. The number of benzene rings is 2.